The highest BCUT2D eigenvalue weighted by molar-refractivity contribution is 5.91. The summed E-state index contributed by atoms with van der Waals surface area (Å²) < 4.78 is 5.19. The van der Waals surface area contributed by atoms with Crippen LogP contribution >= 0.6 is 0 Å². The van der Waals surface area contributed by atoms with Crippen molar-refractivity contribution in [3.05, 3.63) is 48.6 Å². The molecular weight excluding hydrogens is 358 g/mol. The minimum Gasteiger partial charge on any atom is -0.459 e. The second-order valence-corrected chi connectivity index (χ2v) is 7.10. The summed E-state index contributed by atoms with van der Waals surface area (Å²) in [5.41, 5.74) is 0. The smallest absolute Gasteiger partial charge is 0.289 e. The van der Waals surface area contributed by atoms with Crippen LogP contribution < -0.4 is 4.90 Å². The maximum absolute atomic E-state index is 12.7. The lowest BCUT2D eigenvalue weighted by molar-refractivity contribution is -0.133. The van der Waals surface area contributed by atoms with Gasteiger partial charge in [0.05, 0.1) is 12.8 Å². The number of furan rings is 1. The predicted octanol–water partition coefficient (Wildman–Crippen LogP) is 0.781. The van der Waals surface area contributed by atoms with Crippen LogP contribution in [0.5, 0.6) is 0 Å². The molecule has 2 aliphatic rings. The first-order valence-electron chi connectivity index (χ1n) is 9.69. The van der Waals surface area contributed by atoms with E-state index in [1.54, 1.807) is 23.2 Å². The summed E-state index contributed by atoms with van der Waals surface area (Å²) in [5.74, 6) is 1.41. The van der Waals surface area contributed by atoms with E-state index in [4.69, 9.17) is 4.42 Å². The van der Waals surface area contributed by atoms with Gasteiger partial charge in [-0.3, -0.25) is 14.5 Å². The molecule has 2 fully saturated rings. The summed E-state index contributed by atoms with van der Waals surface area (Å²) in [7, 11) is 0. The Balaban J connectivity index is 1.21. The van der Waals surface area contributed by atoms with Crippen LogP contribution in [0.1, 0.15) is 10.6 Å². The molecule has 0 atom stereocenters. The van der Waals surface area contributed by atoms with Crippen LogP contribution in [0.4, 0.5) is 5.82 Å². The largest absolute Gasteiger partial charge is 0.459 e. The molecule has 2 amide bonds. The van der Waals surface area contributed by atoms with Gasteiger partial charge in [-0.2, -0.15) is 0 Å². The molecule has 0 saturated carbocycles. The summed E-state index contributed by atoms with van der Waals surface area (Å²) in [5, 5.41) is 0. The zero-order valence-corrected chi connectivity index (χ0v) is 15.9. The van der Waals surface area contributed by atoms with Crippen LogP contribution in [0.15, 0.2) is 47.2 Å². The molecule has 2 saturated heterocycles. The standard InChI is InChI=1S/C20H25N5O3/c26-19(24-13-11-23(12-14-24)18-5-1-2-6-21-18)16-22-7-9-25(10-8-22)20(27)17-4-3-15-28-17/h1-6,15H,7-14,16H2. The number of pyridine rings is 1. The van der Waals surface area contributed by atoms with Crippen LogP contribution in [0.2, 0.25) is 0 Å². The highest BCUT2D eigenvalue weighted by atomic mass is 16.3. The monoisotopic (exact) mass is 383 g/mol. The van der Waals surface area contributed by atoms with Crippen LogP contribution in [0.3, 0.4) is 0 Å². The number of nitrogens with zero attached hydrogens (tertiary/aromatic N) is 5. The highest BCUT2D eigenvalue weighted by Gasteiger charge is 2.27. The lowest BCUT2D eigenvalue weighted by Crippen LogP contribution is -2.54. The molecule has 0 unspecified atom stereocenters. The number of carbonyl (C=O) groups is 2. The number of piperazine rings is 2. The Morgan fingerprint density at radius 3 is 2.29 bits per heavy atom. The van der Waals surface area contributed by atoms with Gasteiger partial charge in [0.25, 0.3) is 5.91 Å². The van der Waals surface area contributed by atoms with E-state index in [1.807, 2.05) is 23.1 Å². The second-order valence-electron chi connectivity index (χ2n) is 7.10. The molecule has 4 rings (SSSR count). The first-order chi connectivity index (χ1) is 13.7. The van der Waals surface area contributed by atoms with Crippen molar-refractivity contribution in [2.24, 2.45) is 0 Å². The average Bonchev–Trinajstić information content (AvgIpc) is 3.29. The summed E-state index contributed by atoms with van der Waals surface area (Å²) in [6.45, 7) is 6.06. The molecule has 0 N–H and O–H groups in total. The summed E-state index contributed by atoms with van der Waals surface area (Å²) in [6.07, 6.45) is 3.30. The minimum atomic E-state index is -0.0818. The van der Waals surface area contributed by atoms with Gasteiger partial charge < -0.3 is 19.1 Å². The Morgan fingerprint density at radius 2 is 1.64 bits per heavy atom. The molecule has 4 heterocycles. The quantitative estimate of drug-likeness (QED) is 0.777. The number of hydrogen-bond acceptors (Lipinski definition) is 6. The topological polar surface area (TPSA) is 73.1 Å². The van der Waals surface area contributed by atoms with Crippen molar-refractivity contribution < 1.29 is 14.0 Å². The van der Waals surface area contributed by atoms with Crippen molar-refractivity contribution in [2.45, 2.75) is 0 Å². The predicted molar refractivity (Wildman–Crippen MR) is 104 cm³/mol. The van der Waals surface area contributed by atoms with Gasteiger partial charge in [-0.05, 0) is 24.3 Å². The number of amides is 2. The minimum absolute atomic E-state index is 0.0818. The SMILES string of the molecule is O=C(CN1CCN(C(=O)c2ccco2)CC1)N1CCN(c2ccccn2)CC1. The van der Waals surface area contributed by atoms with Crippen molar-refractivity contribution in [3.63, 3.8) is 0 Å². The van der Waals surface area contributed by atoms with Gasteiger partial charge in [-0.1, -0.05) is 6.07 Å². The van der Waals surface area contributed by atoms with E-state index in [0.29, 0.717) is 51.6 Å². The van der Waals surface area contributed by atoms with Crippen molar-refractivity contribution in [1.29, 1.82) is 0 Å². The molecule has 2 aromatic rings. The van der Waals surface area contributed by atoms with E-state index in [2.05, 4.69) is 14.8 Å². The molecular formula is C20H25N5O3. The third kappa shape index (κ3) is 4.17. The number of anilines is 1. The van der Waals surface area contributed by atoms with Gasteiger partial charge in [0.15, 0.2) is 5.76 Å². The molecule has 2 aromatic heterocycles. The second kappa shape index (κ2) is 8.43. The van der Waals surface area contributed by atoms with Gasteiger partial charge in [-0.15, -0.1) is 0 Å². The van der Waals surface area contributed by atoms with E-state index in [9.17, 15) is 9.59 Å². The highest BCUT2D eigenvalue weighted by Crippen LogP contribution is 2.13. The zero-order valence-electron chi connectivity index (χ0n) is 15.9. The number of carbonyl (C=O) groups excluding carboxylic acids is 2. The maximum atomic E-state index is 12.7. The average molecular weight is 383 g/mol. The van der Waals surface area contributed by atoms with E-state index < -0.39 is 0 Å². The summed E-state index contributed by atoms with van der Waals surface area (Å²) in [4.78, 5) is 37.4. The molecule has 0 bridgehead atoms. The Labute approximate surface area is 164 Å². The van der Waals surface area contributed by atoms with E-state index in [-0.39, 0.29) is 11.8 Å². The van der Waals surface area contributed by atoms with Crippen molar-refractivity contribution >= 4 is 17.6 Å². The fraction of sp³-hybridized carbons (Fsp3) is 0.450. The number of aromatic nitrogens is 1. The van der Waals surface area contributed by atoms with E-state index in [1.165, 1.54) is 6.26 Å². The van der Waals surface area contributed by atoms with Crippen LogP contribution in [-0.4, -0.2) is 90.4 Å². The molecule has 0 spiro atoms. The Morgan fingerprint density at radius 1 is 0.893 bits per heavy atom. The van der Waals surface area contributed by atoms with Crippen molar-refractivity contribution in [3.8, 4) is 0 Å². The molecule has 148 valence electrons. The molecule has 0 aliphatic carbocycles. The first-order valence-corrected chi connectivity index (χ1v) is 9.69. The normalized spacial score (nSPS) is 18.4. The van der Waals surface area contributed by atoms with Gasteiger partial charge in [0.1, 0.15) is 5.82 Å². The zero-order chi connectivity index (χ0) is 19.3. The fourth-order valence-electron chi connectivity index (χ4n) is 3.68. The lowest BCUT2D eigenvalue weighted by Gasteiger charge is -2.38. The molecule has 0 aromatic carbocycles. The maximum Gasteiger partial charge on any atom is 0.289 e. The van der Waals surface area contributed by atoms with Crippen LogP contribution in [0.25, 0.3) is 0 Å². The number of hydrogen-bond donors (Lipinski definition) is 0. The summed E-state index contributed by atoms with van der Waals surface area (Å²) in [6, 6.07) is 9.29. The first kappa shape index (κ1) is 18.5. The Kier molecular flexibility index (Phi) is 5.57. The van der Waals surface area contributed by atoms with Gasteiger partial charge in [-0.25, -0.2) is 4.98 Å². The Bertz CT molecular complexity index is 779. The molecule has 28 heavy (non-hydrogen) atoms. The summed E-state index contributed by atoms with van der Waals surface area (Å²) >= 11 is 0. The number of rotatable bonds is 4. The van der Waals surface area contributed by atoms with Crippen molar-refractivity contribution in [1.82, 2.24) is 19.7 Å². The third-order valence-corrected chi connectivity index (χ3v) is 5.36. The Hall–Kier alpha value is -2.87. The van der Waals surface area contributed by atoms with Gasteiger partial charge >= 0.3 is 0 Å². The molecule has 8 heteroatoms. The van der Waals surface area contributed by atoms with Crippen LogP contribution in [0, 0.1) is 0 Å². The molecule has 0 radical (unpaired) electrons. The van der Waals surface area contributed by atoms with Crippen LogP contribution in [-0.2, 0) is 4.79 Å². The third-order valence-electron chi connectivity index (χ3n) is 5.36. The molecule has 8 nitrogen and oxygen atoms in total. The van der Waals surface area contributed by atoms with Crippen molar-refractivity contribution in [2.75, 3.05) is 63.8 Å². The van der Waals surface area contributed by atoms with Gasteiger partial charge in [0, 0.05) is 58.6 Å². The van der Waals surface area contributed by atoms with Gasteiger partial charge in [0.2, 0.25) is 5.91 Å². The fourth-order valence-corrected chi connectivity index (χ4v) is 3.68. The van der Waals surface area contributed by atoms with E-state index in [0.717, 1.165) is 18.9 Å². The van der Waals surface area contributed by atoms with E-state index >= 15 is 0 Å². The molecule has 2 aliphatic heterocycles. The lowest BCUT2D eigenvalue weighted by atomic mass is 10.2.